The molecule has 1 aliphatic rings. The summed E-state index contributed by atoms with van der Waals surface area (Å²) in [5.41, 5.74) is 1.59. The van der Waals surface area contributed by atoms with Gasteiger partial charge in [-0.25, -0.2) is 0 Å². The molecule has 0 N–H and O–H groups in total. The van der Waals surface area contributed by atoms with Gasteiger partial charge < -0.3 is 9.64 Å². The smallest absolute Gasteiger partial charge is 0.272 e. The van der Waals surface area contributed by atoms with Gasteiger partial charge in [0.05, 0.1) is 13.2 Å². The molecule has 2 aromatic rings. The van der Waals surface area contributed by atoms with Crippen molar-refractivity contribution in [2.75, 3.05) is 19.7 Å². The van der Waals surface area contributed by atoms with Gasteiger partial charge >= 0.3 is 0 Å². The fourth-order valence-electron chi connectivity index (χ4n) is 2.35. The minimum absolute atomic E-state index is 0.0326. The van der Waals surface area contributed by atoms with Gasteiger partial charge in [0.1, 0.15) is 11.8 Å². The van der Waals surface area contributed by atoms with E-state index in [1.165, 1.54) is 0 Å². The van der Waals surface area contributed by atoms with Gasteiger partial charge in [0.2, 0.25) is 0 Å². The third kappa shape index (κ3) is 2.70. The number of morpholine rings is 1. The highest BCUT2D eigenvalue weighted by molar-refractivity contribution is 5.92. The van der Waals surface area contributed by atoms with Crippen LogP contribution >= 0.6 is 0 Å². The summed E-state index contributed by atoms with van der Waals surface area (Å²) in [7, 11) is 0. The van der Waals surface area contributed by atoms with Crippen LogP contribution in [0.5, 0.6) is 0 Å². The number of nitrogens with zero attached hydrogens (tertiary/aromatic N) is 2. The van der Waals surface area contributed by atoms with Crippen molar-refractivity contribution in [3.05, 3.63) is 66.0 Å². The number of benzene rings is 1. The molecule has 1 unspecified atom stereocenters. The van der Waals surface area contributed by atoms with Crippen LogP contribution in [0.2, 0.25) is 0 Å². The average Bonchev–Trinajstić information content (AvgIpc) is 2.56. The molecular weight excluding hydrogens is 252 g/mol. The molecule has 1 aromatic heterocycles. The minimum atomic E-state index is -0.0578. The number of amides is 1. The number of hydrogen-bond acceptors (Lipinski definition) is 3. The Morgan fingerprint density at radius 3 is 2.70 bits per heavy atom. The van der Waals surface area contributed by atoms with Gasteiger partial charge in [0.15, 0.2) is 0 Å². The molecular formula is C16H16N2O2. The van der Waals surface area contributed by atoms with Crippen LogP contribution < -0.4 is 0 Å². The van der Waals surface area contributed by atoms with Crippen molar-refractivity contribution in [1.82, 2.24) is 9.88 Å². The van der Waals surface area contributed by atoms with Crippen molar-refractivity contribution in [3.8, 4) is 0 Å². The molecule has 0 bridgehead atoms. The SMILES string of the molecule is O=C(c1ccccn1)N1CCOC(c2ccccc2)C1. The number of ether oxygens (including phenoxy) is 1. The lowest BCUT2D eigenvalue weighted by atomic mass is 10.1. The second-order valence-corrected chi connectivity index (χ2v) is 4.74. The number of pyridine rings is 1. The van der Waals surface area contributed by atoms with E-state index < -0.39 is 0 Å². The van der Waals surface area contributed by atoms with Crippen LogP contribution in [-0.4, -0.2) is 35.5 Å². The summed E-state index contributed by atoms with van der Waals surface area (Å²) in [5.74, 6) is -0.0326. The summed E-state index contributed by atoms with van der Waals surface area (Å²) >= 11 is 0. The van der Waals surface area contributed by atoms with E-state index in [2.05, 4.69) is 4.98 Å². The molecule has 4 heteroatoms. The summed E-state index contributed by atoms with van der Waals surface area (Å²) < 4.78 is 5.77. The number of carbonyl (C=O) groups is 1. The quantitative estimate of drug-likeness (QED) is 0.839. The molecule has 0 radical (unpaired) electrons. The van der Waals surface area contributed by atoms with E-state index in [1.807, 2.05) is 47.4 Å². The summed E-state index contributed by atoms with van der Waals surface area (Å²) in [6.45, 7) is 1.73. The van der Waals surface area contributed by atoms with Gasteiger partial charge in [-0.3, -0.25) is 9.78 Å². The van der Waals surface area contributed by atoms with E-state index in [0.717, 1.165) is 5.56 Å². The van der Waals surface area contributed by atoms with Crippen molar-refractivity contribution >= 4 is 5.91 Å². The van der Waals surface area contributed by atoms with Gasteiger partial charge in [-0.1, -0.05) is 36.4 Å². The molecule has 0 saturated carbocycles. The Kier molecular flexibility index (Phi) is 3.74. The predicted octanol–water partition coefficient (Wildman–Crippen LogP) is 2.30. The zero-order valence-corrected chi connectivity index (χ0v) is 11.1. The number of rotatable bonds is 2. The van der Waals surface area contributed by atoms with Crippen LogP contribution in [0.4, 0.5) is 0 Å². The normalized spacial score (nSPS) is 18.8. The van der Waals surface area contributed by atoms with Gasteiger partial charge in [-0.15, -0.1) is 0 Å². The topological polar surface area (TPSA) is 42.4 Å². The highest BCUT2D eigenvalue weighted by Gasteiger charge is 2.26. The fraction of sp³-hybridized carbons (Fsp3) is 0.250. The number of hydrogen-bond donors (Lipinski definition) is 0. The van der Waals surface area contributed by atoms with E-state index >= 15 is 0 Å². The molecule has 1 atom stereocenters. The molecule has 1 fully saturated rings. The second kappa shape index (κ2) is 5.84. The Morgan fingerprint density at radius 2 is 1.95 bits per heavy atom. The summed E-state index contributed by atoms with van der Waals surface area (Å²) in [4.78, 5) is 18.3. The van der Waals surface area contributed by atoms with Gasteiger partial charge in [0.25, 0.3) is 5.91 Å². The molecule has 1 saturated heterocycles. The zero-order valence-electron chi connectivity index (χ0n) is 11.1. The van der Waals surface area contributed by atoms with Crippen LogP contribution in [0.3, 0.4) is 0 Å². The maximum Gasteiger partial charge on any atom is 0.272 e. The number of carbonyl (C=O) groups excluding carboxylic acids is 1. The Labute approximate surface area is 118 Å². The molecule has 20 heavy (non-hydrogen) atoms. The number of aromatic nitrogens is 1. The lowest BCUT2D eigenvalue weighted by Crippen LogP contribution is -2.42. The van der Waals surface area contributed by atoms with E-state index in [4.69, 9.17) is 4.74 Å². The summed E-state index contributed by atoms with van der Waals surface area (Å²) in [6, 6.07) is 15.4. The Hall–Kier alpha value is -2.20. The standard InChI is InChI=1S/C16H16N2O2/c19-16(14-8-4-5-9-17-14)18-10-11-20-15(12-18)13-6-2-1-3-7-13/h1-9,15H,10-12H2. The first-order valence-corrected chi connectivity index (χ1v) is 6.71. The van der Waals surface area contributed by atoms with Crippen LogP contribution in [0, 0.1) is 0 Å². The van der Waals surface area contributed by atoms with Gasteiger partial charge in [0, 0.05) is 12.7 Å². The van der Waals surface area contributed by atoms with Crippen molar-refractivity contribution < 1.29 is 9.53 Å². The van der Waals surface area contributed by atoms with Gasteiger partial charge in [-0.05, 0) is 17.7 Å². The lowest BCUT2D eigenvalue weighted by Gasteiger charge is -2.33. The van der Waals surface area contributed by atoms with E-state index in [1.54, 1.807) is 12.3 Å². The van der Waals surface area contributed by atoms with Crippen molar-refractivity contribution in [2.45, 2.75) is 6.10 Å². The Balaban J connectivity index is 1.74. The van der Waals surface area contributed by atoms with Gasteiger partial charge in [-0.2, -0.15) is 0 Å². The first kappa shape index (κ1) is 12.8. The molecule has 4 nitrogen and oxygen atoms in total. The first-order chi connectivity index (χ1) is 9.84. The molecule has 2 heterocycles. The zero-order chi connectivity index (χ0) is 13.8. The monoisotopic (exact) mass is 268 g/mol. The molecule has 3 rings (SSSR count). The first-order valence-electron chi connectivity index (χ1n) is 6.71. The summed E-state index contributed by atoms with van der Waals surface area (Å²) in [6.07, 6.45) is 1.58. The largest absolute Gasteiger partial charge is 0.370 e. The van der Waals surface area contributed by atoms with Crippen LogP contribution in [0.1, 0.15) is 22.2 Å². The molecule has 1 amide bonds. The Bertz CT molecular complexity index is 572. The van der Waals surface area contributed by atoms with Crippen molar-refractivity contribution in [1.29, 1.82) is 0 Å². The van der Waals surface area contributed by atoms with Crippen LogP contribution in [0.15, 0.2) is 54.7 Å². The van der Waals surface area contributed by atoms with E-state index in [9.17, 15) is 4.79 Å². The molecule has 0 spiro atoms. The van der Waals surface area contributed by atoms with E-state index in [0.29, 0.717) is 25.4 Å². The third-order valence-electron chi connectivity index (χ3n) is 3.41. The molecule has 102 valence electrons. The highest BCUT2D eigenvalue weighted by atomic mass is 16.5. The third-order valence-corrected chi connectivity index (χ3v) is 3.41. The minimum Gasteiger partial charge on any atom is -0.370 e. The molecule has 1 aromatic carbocycles. The maximum absolute atomic E-state index is 12.4. The van der Waals surface area contributed by atoms with Crippen LogP contribution in [-0.2, 0) is 4.74 Å². The van der Waals surface area contributed by atoms with Crippen LogP contribution in [0.25, 0.3) is 0 Å². The molecule has 1 aliphatic heterocycles. The van der Waals surface area contributed by atoms with Crippen molar-refractivity contribution in [2.24, 2.45) is 0 Å². The lowest BCUT2D eigenvalue weighted by molar-refractivity contribution is -0.0230. The predicted molar refractivity (Wildman–Crippen MR) is 75.3 cm³/mol. The van der Waals surface area contributed by atoms with E-state index in [-0.39, 0.29) is 12.0 Å². The fourth-order valence-corrected chi connectivity index (χ4v) is 2.35. The van der Waals surface area contributed by atoms with Crippen molar-refractivity contribution in [3.63, 3.8) is 0 Å². The highest BCUT2D eigenvalue weighted by Crippen LogP contribution is 2.22. The second-order valence-electron chi connectivity index (χ2n) is 4.74. The maximum atomic E-state index is 12.4. The Morgan fingerprint density at radius 1 is 1.15 bits per heavy atom. The molecule has 0 aliphatic carbocycles. The average molecular weight is 268 g/mol. The summed E-state index contributed by atoms with van der Waals surface area (Å²) in [5, 5.41) is 0.